The zero-order valence-electron chi connectivity index (χ0n) is 18.9. The number of nitrogens with zero attached hydrogens (tertiary/aromatic N) is 2. The minimum atomic E-state index is -1.42. The maximum absolute atomic E-state index is 13.6. The molecule has 5 unspecified atom stereocenters. The second-order valence-corrected chi connectivity index (χ2v) is 9.06. The van der Waals surface area contributed by atoms with Gasteiger partial charge >= 0.3 is 5.97 Å². The van der Waals surface area contributed by atoms with Crippen molar-refractivity contribution >= 4 is 40.3 Å². The molecule has 3 aliphatic heterocycles. The summed E-state index contributed by atoms with van der Waals surface area (Å²) in [5, 5.41) is 17.0. The zero-order valence-corrected chi connectivity index (χ0v) is 18.9. The van der Waals surface area contributed by atoms with Crippen LogP contribution in [0.25, 0.3) is 10.8 Å². The number of pyridine rings is 1. The number of aliphatic hydroxyl groups is 1. The SMILES string of the molecule is O=C1CC(NC(=O)C2CCC3C/C=C\CC(C(=O)Nc4nccc5ccccc45)C(=O)N32)C(O)O1. The molecule has 5 atom stereocenters. The molecule has 0 bridgehead atoms. The number of amides is 3. The van der Waals surface area contributed by atoms with E-state index in [0.717, 1.165) is 10.8 Å². The van der Waals surface area contributed by atoms with E-state index in [1.165, 1.54) is 4.90 Å². The van der Waals surface area contributed by atoms with Crippen molar-refractivity contribution in [3.8, 4) is 0 Å². The maximum atomic E-state index is 13.6. The largest absolute Gasteiger partial charge is 0.434 e. The van der Waals surface area contributed by atoms with E-state index in [-0.39, 0.29) is 18.9 Å². The zero-order chi connectivity index (χ0) is 24.5. The molecule has 0 aliphatic carbocycles. The lowest BCUT2D eigenvalue weighted by Gasteiger charge is -2.33. The van der Waals surface area contributed by atoms with E-state index >= 15 is 0 Å². The van der Waals surface area contributed by atoms with Gasteiger partial charge in [0, 0.05) is 17.6 Å². The predicted octanol–water partition coefficient (Wildman–Crippen LogP) is 1.25. The van der Waals surface area contributed by atoms with Crippen molar-refractivity contribution in [1.29, 1.82) is 0 Å². The molecule has 3 amide bonds. The highest BCUT2D eigenvalue weighted by molar-refractivity contribution is 6.10. The van der Waals surface area contributed by atoms with Crippen LogP contribution < -0.4 is 10.6 Å². The highest BCUT2D eigenvalue weighted by Crippen LogP contribution is 2.32. The van der Waals surface area contributed by atoms with Gasteiger partial charge in [0.2, 0.25) is 24.0 Å². The summed E-state index contributed by atoms with van der Waals surface area (Å²) in [6.07, 6.45) is 5.64. The summed E-state index contributed by atoms with van der Waals surface area (Å²) in [5.74, 6) is -2.63. The fourth-order valence-electron chi connectivity index (χ4n) is 5.06. The van der Waals surface area contributed by atoms with Gasteiger partial charge in [-0.1, -0.05) is 36.4 Å². The Hall–Kier alpha value is -3.79. The van der Waals surface area contributed by atoms with E-state index in [1.54, 1.807) is 6.20 Å². The van der Waals surface area contributed by atoms with E-state index in [4.69, 9.17) is 4.74 Å². The van der Waals surface area contributed by atoms with Gasteiger partial charge in [-0.05, 0) is 37.1 Å². The minimum Gasteiger partial charge on any atom is -0.434 e. The molecule has 4 heterocycles. The van der Waals surface area contributed by atoms with Crippen LogP contribution >= 0.6 is 0 Å². The van der Waals surface area contributed by atoms with Crippen molar-refractivity contribution in [1.82, 2.24) is 15.2 Å². The van der Waals surface area contributed by atoms with Crippen LogP contribution in [-0.2, 0) is 23.9 Å². The summed E-state index contributed by atoms with van der Waals surface area (Å²) < 4.78 is 4.69. The fraction of sp³-hybridized carbons (Fsp3) is 0.400. The maximum Gasteiger partial charge on any atom is 0.310 e. The molecule has 2 saturated heterocycles. The number of cyclic esters (lactones) is 1. The first-order valence-electron chi connectivity index (χ1n) is 11.7. The third-order valence-corrected chi connectivity index (χ3v) is 6.85. The molecule has 1 aromatic heterocycles. The Morgan fingerprint density at radius 3 is 2.66 bits per heavy atom. The summed E-state index contributed by atoms with van der Waals surface area (Å²) in [7, 11) is 0. The van der Waals surface area contributed by atoms with Crippen LogP contribution in [0.5, 0.6) is 0 Å². The number of esters is 1. The number of nitrogens with one attached hydrogen (secondary N) is 2. The van der Waals surface area contributed by atoms with Crippen molar-refractivity contribution < 1.29 is 29.0 Å². The summed E-state index contributed by atoms with van der Waals surface area (Å²) in [6, 6.07) is 7.46. The third-order valence-electron chi connectivity index (χ3n) is 6.85. The number of aromatic nitrogens is 1. The second-order valence-electron chi connectivity index (χ2n) is 9.06. The van der Waals surface area contributed by atoms with Gasteiger partial charge in [-0.3, -0.25) is 19.2 Å². The number of aliphatic hydroxyl groups excluding tert-OH is 1. The standard InChI is InChI=1S/C25H26N4O6/c30-20-13-18(25(34)35-20)27-23(32)19-10-9-15-6-2-4-8-17(24(33)29(15)19)22(31)28-21-16-7-3-1-5-14(16)11-12-26-21/h1-5,7,11-12,15,17-19,25,34H,6,8-10,13H2,(H,27,32)(H,26,28,31)/b4-2-. The van der Waals surface area contributed by atoms with Crippen molar-refractivity contribution in [2.24, 2.45) is 5.92 Å². The lowest BCUT2D eigenvalue weighted by Crippen LogP contribution is -2.54. The molecule has 35 heavy (non-hydrogen) atoms. The lowest BCUT2D eigenvalue weighted by atomic mass is 9.97. The number of carbonyl (C=O) groups is 4. The van der Waals surface area contributed by atoms with Gasteiger partial charge in [0.05, 0.1) is 6.42 Å². The number of ether oxygens (including phenoxy) is 1. The monoisotopic (exact) mass is 478 g/mol. The van der Waals surface area contributed by atoms with Gasteiger partial charge in [-0.2, -0.15) is 0 Å². The molecule has 0 radical (unpaired) electrons. The molecule has 3 N–H and O–H groups in total. The Morgan fingerprint density at radius 2 is 1.86 bits per heavy atom. The molecule has 182 valence electrons. The molecule has 5 rings (SSSR count). The molecular weight excluding hydrogens is 452 g/mol. The van der Waals surface area contributed by atoms with Crippen molar-refractivity contribution in [2.45, 2.75) is 56.5 Å². The molecule has 3 aliphatic rings. The number of benzene rings is 1. The van der Waals surface area contributed by atoms with Gasteiger partial charge in [0.1, 0.15) is 23.8 Å². The highest BCUT2D eigenvalue weighted by Gasteiger charge is 2.46. The summed E-state index contributed by atoms with van der Waals surface area (Å²) >= 11 is 0. The van der Waals surface area contributed by atoms with Gasteiger partial charge < -0.3 is 25.4 Å². The molecule has 0 saturated carbocycles. The molecule has 2 aromatic rings. The number of hydrogen-bond donors (Lipinski definition) is 3. The number of anilines is 1. The van der Waals surface area contributed by atoms with Crippen LogP contribution in [0.4, 0.5) is 5.82 Å². The van der Waals surface area contributed by atoms with Gasteiger partial charge in [-0.15, -0.1) is 0 Å². The Morgan fingerprint density at radius 1 is 1.06 bits per heavy atom. The molecule has 2 fully saturated rings. The summed E-state index contributed by atoms with van der Waals surface area (Å²) in [6.45, 7) is 0. The van der Waals surface area contributed by atoms with Crippen molar-refractivity contribution in [3.63, 3.8) is 0 Å². The third kappa shape index (κ3) is 4.49. The Kier molecular flexibility index (Phi) is 6.21. The number of allylic oxidation sites excluding steroid dienone is 1. The van der Waals surface area contributed by atoms with E-state index < -0.39 is 48.0 Å². The topological polar surface area (TPSA) is 138 Å². The Bertz CT molecular complexity index is 1210. The molecule has 10 nitrogen and oxygen atoms in total. The average molecular weight is 479 g/mol. The van der Waals surface area contributed by atoms with Crippen LogP contribution in [0, 0.1) is 5.92 Å². The van der Waals surface area contributed by atoms with Crippen LogP contribution in [0.1, 0.15) is 32.1 Å². The van der Waals surface area contributed by atoms with Crippen LogP contribution in [0.15, 0.2) is 48.7 Å². The van der Waals surface area contributed by atoms with E-state index in [2.05, 4.69) is 15.6 Å². The summed E-state index contributed by atoms with van der Waals surface area (Å²) in [5.41, 5.74) is 0. The molecule has 0 spiro atoms. The number of fused-ring (bicyclic) bond motifs is 2. The first kappa shape index (κ1) is 23.0. The lowest BCUT2D eigenvalue weighted by molar-refractivity contribution is -0.155. The van der Waals surface area contributed by atoms with Gasteiger partial charge in [0.25, 0.3) is 0 Å². The smallest absolute Gasteiger partial charge is 0.310 e. The Labute approximate surface area is 201 Å². The first-order chi connectivity index (χ1) is 16.9. The Balaban J connectivity index is 1.35. The van der Waals surface area contributed by atoms with Crippen molar-refractivity contribution in [3.05, 3.63) is 48.7 Å². The second kappa shape index (κ2) is 9.46. The molecule has 1 aromatic carbocycles. The fourth-order valence-corrected chi connectivity index (χ4v) is 5.06. The normalized spacial score (nSPS) is 29.2. The van der Waals surface area contributed by atoms with E-state index in [9.17, 15) is 24.3 Å². The van der Waals surface area contributed by atoms with Crippen LogP contribution in [0.2, 0.25) is 0 Å². The molecular formula is C25H26N4O6. The van der Waals surface area contributed by atoms with E-state index in [0.29, 0.717) is 25.1 Å². The highest BCUT2D eigenvalue weighted by atomic mass is 16.6. The van der Waals surface area contributed by atoms with Crippen LogP contribution in [-0.4, -0.2) is 63.1 Å². The predicted molar refractivity (Wildman–Crippen MR) is 125 cm³/mol. The quantitative estimate of drug-likeness (QED) is 0.342. The van der Waals surface area contributed by atoms with Crippen molar-refractivity contribution in [2.75, 3.05) is 5.32 Å². The summed E-state index contributed by atoms with van der Waals surface area (Å²) in [4.78, 5) is 57.2. The number of carbonyl (C=O) groups excluding carboxylic acids is 4. The van der Waals surface area contributed by atoms with Gasteiger partial charge in [-0.25, -0.2) is 4.98 Å². The van der Waals surface area contributed by atoms with Gasteiger partial charge in [0.15, 0.2) is 0 Å². The average Bonchev–Trinajstić information content (AvgIpc) is 3.39. The number of rotatable bonds is 4. The van der Waals surface area contributed by atoms with E-state index in [1.807, 2.05) is 42.5 Å². The molecule has 10 heteroatoms. The first-order valence-corrected chi connectivity index (χ1v) is 11.7. The van der Waals surface area contributed by atoms with Crippen LogP contribution in [0.3, 0.4) is 0 Å². The minimum absolute atomic E-state index is 0.136. The number of hydrogen-bond acceptors (Lipinski definition) is 7.